The maximum absolute atomic E-state index is 12.2. The molecule has 18 heavy (non-hydrogen) atoms. The summed E-state index contributed by atoms with van der Waals surface area (Å²) in [5.41, 5.74) is -0.579. The first-order chi connectivity index (χ1) is 8.51. The van der Waals surface area contributed by atoms with Crippen LogP contribution in [0.15, 0.2) is 24.3 Å². The number of amides is 1. The molecule has 0 unspecified atom stereocenters. The van der Waals surface area contributed by atoms with Gasteiger partial charge in [-0.1, -0.05) is 6.07 Å². The maximum Gasteiger partial charge on any atom is 0.319 e. The lowest BCUT2D eigenvalue weighted by atomic mass is 10.1. The van der Waals surface area contributed by atoms with Crippen molar-refractivity contribution >= 4 is 17.6 Å². The van der Waals surface area contributed by atoms with Crippen LogP contribution in [0.3, 0.4) is 0 Å². The van der Waals surface area contributed by atoms with Crippen molar-refractivity contribution in [2.45, 2.75) is 12.8 Å². The number of methoxy groups -OCH3 is 1. The number of hydrogen-bond donors (Lipinski definition) is 1. The number of carbonyl (C=O) groups excluding carboxylic acids is 1. The van der Waals surface area contributed by atoms with Gasteiger partial charge in [-0.05, 0) is 25.0 Å². The molecular weight excluding hydrogens is 234 g/mol. The van der Waals surface area contributed by atoms with Gasteiger partial charge in [0.15, 0.2) is 0 Å². The molecule has 1 aromatic rings. The predicted octanol–water partition coefficient (Wildman–Crippen LogP) is 1.52. The second-order valence-electron chi connectivity index (χ2n) is 4.45. The summed E-state index contributed by atoms with van der Waals surface area (Å²) < 4.78 is 5.08. The third-order valence-corrected chi connectivity index (χ3v) is 3.31. The molecule has 0 atom stereocenters. The number of carboxylic acid groups (broad SMARTS) is 1. The van der Waals surface area contributed by atoms with Gasteiger partial charge in [-0.25, -0.2) is 0 Å². The van der Waals surface area contributed by atoms with Crippen molar-refractivity contribution in [2.24, 2.45) is 5.41 Å². The first-order valence-electron chi connectivity index (χ1n) is 5.67. The highest BCUT2D eigenvalue weighted by Crippen LogP contribution is 2.47. The zero-order chi connectivity index (χ0) is 13.3. The number of rotatable bonds is 4. The van der Waals surface area contributed by atoms with E-state index in [0.717, 1.165) is 0 Å². The molecule has 5 nitrogen and oxygen atoms in total. The molecule has 5 heteroatoms. The summed E-state index contributed by atoms with van der Waals surface area (Å²) in [4.78, 5) is 24.7. The number of hydrogen-bond acceptors (Lipinski definition) is 3. The number of aliphatic carboxylic acids is 1. The van der Waals surface area contributed by atoms with Gasteiger partial charge in [0, 0.05) is 18.8 Å². The molecule has 0 bridgehead atoms. The monoisotopic (exact) mass is 249 g/mol. The van der Waals surface area contributed by atoms with E-state index in [1.807, 2.05) is 0 Å². The summed E-state index contributed by atoms with van der Waals surface area (Å²) in [6.45, 7) is 0. The number of nitrogens with zero attached hydrogens (tertiary/aromatic N) is 1. The molecule has 1 saturated carbocycles. The molecular formula is C13H15NO4. The van der Waals surface area contributed by atoms with Crippen LogP contribution in [0.1, 0.15) is 12.8 Å². The van der Waals surface area contributed by atoms with Gasteiger partial charge in [-0.2, -0.15) is 0 Å². The topological polar surface area (TPSA) is 66.8 Å². The third-order valence-electron chi connectivity index (χ3n) is 3.31. The lowest BCUT2D eigenvalue weighted by Gasteiger charge is -2.21. The quantitative estimate of drug-likeness (QED) is 0.822. The molecule has 1 aliphatic carbocycles. The summed E-state index contributed by atoms with van der Waals surface area (Å²) in [6, 6.07) is 6.98. The van der Waals surface area contributed by atoms with E-state index in [1.54, 1.807) is 38.4 Å². The van der Waals surface area contributed by atoms with Gasteiger partial charge in [0.1, 0.15) is 11.2 Å². The summed E-state index contributed by atoms with van der Waals surface area (Å²) in [5, 5.41) is 9.10. The van der Waals surface area contributed by atoms with Gasteiger partial charge in [0.2, 0.25) is 5.91 Å². The van der Waals surface area contributed by atoms with E-state index in [4.69, 9.17) is 9.84 Å². The van der Waals surface area contributed by atoms with E-state index in [2.05, 4.69) is 0 Å². The SMILES string of the molecule is COc1cccc(N(C)C(=O)C2(C(=O)O)CC2)c1. The Morgan fingerprint density at radius 3 is 2.56 bits per heavy atom. The van der Waals surface area contributed by atoms with Crippen molar-refractivity contribution in [3.63, 3.8) is 0 Å². The van der Waals surface area contributed by atoms with E-state index in [0.29, 0.717) is 24.3 Å². The largest absolute Gasteiger partial charge is 0.497 e. The van der Waals surface area contributed by atoms with Gasteiger partial charge in [0.25, 0.3) is 0 Å². The van der Waals surface area contributed by atoms with Crippen molar-refractivity contribution in [1.29, 1.82) is 0 Å². The second-order valence-corrected chi connectivity index (χ2v) is 4.45. The Morgan fingerprint density at radius 2 is 2.06 bits per heavy atom. The number of ether oxygens (including phenoxy) is 1. The molecule has 1 fully saturated rings. The van der Waals surface area contributed by atoms with Crippen molar-refractivity contribution in [3.05, 3.63) is 24.3 Å². The van der Waals surface area contributed by atoms with E-state index in [9.17, 15) is 9.59 Å². The van der Waals surface area contributed by atoms with Crippen LogP contribution < -0.4 is 9.64 Å². The fourth-order valence-corrected chi connectivity index (χ4v) is 1.90. The Morgan fingerprint density at radius 1 is 1.39 bits per heavy atom. The standard InChI is InChI=1S/C13H15NO4/c1-14(9-4-3-5-10(8-9)18-2)11(15)13(6-7-13)12(16)17/h3-5,8H,6-7H2,1-2H3,(H,16,17). The number of benzene rings is 1. The molecule has 0 aromatic heterocycles. The maximum atomic E-state index is 12.2. The Hall–Kier alpha value is -2.04. The first-order valence-corrected chi connectivity index (χ1v) is 5.67. The predicted molar refractivity (Wildman–Crippen MR) is 65.7 cm³/mol. The molecule has 0 radical (unpaired) electrons. The third kappa shape index (κ3) is 1.92. The molecule has 1 aromatic carbocycles. The van der Waals surface area contributed by atoms with Crippen LogP contribution in [0.2, 0.25) is 0 Å². The fourth-order valence-electron chi connectivity index (χ4n) is 1.90. The lowest BCUT2D eigenvalue weighted by molar-refractivity contribution is -0.148. The summed E-state index contributed by atoms with van der Waals surface area (Å²) >= 11 is 0. The minimum atomic E-state index is -1.21. The number of carboxylic acids is 1. The average molecular weight is 249 g/mol. The zero-order valence-electron chi connectivity index (χ0n) is 10.3. The molecule has 0 saturated heterocycles. The Balaban J connectivity index is 2.23. The highest BCUT2D eigenvalue weighted by molar-refractivity contribution is 6.11. The van der Waals surface area contributed by atoms with Crippen LogP contribution in [0.4, 0.5) is 5.69 Å². The van der Waals surface area contributed by atoms with E-state index >= 15 is 0 Å². The van der Waals surface area contributed by atoms with Crippen LogP contribution in [-0.2, 0) is 9.59 Å². The molecule has 1 aliphatic rings. The van der Waals surface area contributed by atoms with Gasteiger partial charge in [-0.15, -0.1) is 0 Å². The van der Waals surface area contributed by atoms with Crippen LogP contribution >= 0.6 is 0 Å². The average Bonchev–Trinajstić information content (AvgIpc) is 3.18. The molecule has 0 heterocycles. The van der Waals surface area contributed by atoms with Crippen LogP contribution in [0.5, 0.6) is 5.75 Å². The zero-order valence-corrected chi connectivity index (χ0v) is 10.3. The Kier molecular flexibility index (Phi) is 2.98. The molecule has 0 aliphatic heterocycles. The van der Waals surface area contributed by atoms with E-state index in [1.165, 1.54) is 4.90 Å². The number of anilines is 1. The van der Waals surface area contributed by atoms with Gasteiger partial charge in [0.05, 0.1) is 7.11 Å². The highest BCUT2D eigenvalue weighted by Gasteiger charge is 2.58. The van der Waals surface area contributed by atoms with E-state index in [-0.39, 0.29) is 5.91 Å². The minimum absolute atomic E-state index is 0.372. The van der Waals surface area contributed by atoms with Crippen molar-refractivity contribution in [2.75, 3.05) is 19.1 Å². The summed E-state index contributed by atoms with van der Waals surface area (Å²) in [6.07, 6.45) is 0.824. The lowest BCUT2D eigenvalue weighted by Crippen LogP contribution is -2.38. The number of carbonyl (C=O) groups is 2. The molecule has 1 N–H and O–H groups in total. The first kappa shape index (κ1) is 12.4. The van der Waals surface area contributed by atoms with Crippen LogP contribution in [-0.4, -0.2) is 31.1 Å². The Labute approximate surface area is 105 Å². The van der Waals surface area contributed by atoms with Crippen molar-refractivity contribution in [3.8, 4) is 5.75 Å². The van der Waals surface area contributed by atoms with Crippen molar-refractivity contribution in [1.82, 2.24) is 0 Å². The van der Waals surface area contributed by atoms with Gasteiger partial charge < -0.3 is 14.7 Å². The minimum Gasteiger partial charge on any atom is -0.497 e. The summed E-state index contributed by atoms with van der Waals surface area (Å²) in [7, 11) is 3.13. The highest BCUT2D eigenvalue weighted by atomic mass is 16.5. The van der Waals surface area contributed by atoms with Crippen LogP contribution in [0, 0.1) is 5.41 Å². The van der Waals surface area contributed by atoms with Crippen LogP contribution in [0.25, 0.3) is 0 Å². The van der Waals surface area contributed by atoms with E-state index < -0.39 is 11.4 Å². The Bertz CT molecular complexity index is 494. The molecule has 2 rings (SSSR count). The second kappa shape index (κ2) is 4.33. The fraction of sp³-hybridized carbons (Fsp3) is 0.385. The molecule has 1 amide bonds. The molecule has 0 spiro atoms. The van der Waals surface area contributed by atoms with Gasteiger partial charge in [-0.3, -0.25) is 9.59 Å². The summed E-state index contributed by atoms with van der Waals surface area (Å²) in [5.74, 6) is -0.780. The molecule has 96 valence electrons. The van der Waals surface area contributed by atoms with Gasteiger partial charge >= 0.3 is 5.97 Å². The van der Waals surface area contributed by atoms with Crippen molar-refractivity contribution < 1.29 is 19.4 Å². The normalized spacial score (nSPS) is 15.9. The smallest absolute Gasteiger partial charge is 0.319 e.